The molecule has 24 heavy (non-hydrogen) atoms. The van der Waals surface area contributed by atoms with Crippen LogP contribution < -0.4 is 0 Å². The Morgan fingerprint density at radius 1 is 1.46 bits per heavy atom. The number of carbonyl (C=O) groups is 1. The number of carboxylic acids is 1. The summed E-state index contributed by atoms with van der Waals surface area (Å²) in [6.07, 6.45) is -3.50. The quantitative estimate of drug-likeness (QED) is 0.670. The van der Waals surface area contributed by atoms with E-state index in [2.05, 4.69) is 5.10 Å². The van der Waals surface area contributed by atoms with Gasteiger partial charge in [0.25, 0.3) is 0 Å². The minimum absolute atomic E-state index is 0.0615. The Kier molecular flexibility index (Phi) is 4.66. The highest BCUT2D eigenvalue weighted by Gasteiger charge is 2.30. The number of rotatable bonds is 3. The van der Waals surface area contributed by atoms with Gasteiger partial charge in [0.1, 0.15) is 16.8 Å². The molecular weight excluding hydrogens is 347 g/mol. The van der Waals surface area contributed by atoms with Crippen LogP contribution >= 0.6 is 11.6 Å². The zero-order valence-electron chi connectivity index (χ0n) is 12.1. The van der Waals surface area contributed by atoms with E-state index < -0.39 is 23.3 Å². The van der Waals surface area contributed by atoms with Crippen LogP contribution in [0.1, 0.15) is 16.8 Å². The molecule has 0 amide bonds. The van der Waals surface area contributed by atoms with Gasteiger partial charge in [-0.15, -0.1) is 0 Å². The fraction of sp³-hybridized carbons (Fsp3) is 0.133. The van der Waals surface area contributed by atoms with Gasteiger partial charge in [-0.05, 0) is 31.2 Å². The summed E-state index contributed by atoms with van der Waals surface area (Å²) in [5.41, 5.74) is -0.959. The summed E-state index contributed by atoms with van der Waals surface area (Å²) in [6.45, 7) is 1.50. The fourth-order valence-electron chi connectivity index (χ4n) is 1.95. The molecule has 9 heteroatoms. The van der Waals surface area contributed by atoms with Gasteiger partial charge in [-0.25, -0.2) is 9.48 Å². The van der Waals surface area contributed by atoms with Crippen LogP contribution in [0.3, 0.4) is 0 Å². The first kappa shape index (κ1) is 17.6. The molecule has 0 unspecified atom stereocenters. The minimum atomic E-state index is -4.52. The molecule has 1 heterocycles. The average Bonchev–Trinajstić information content (AvgIpc) is 2.79. The van der Waals surface area contributed by atoms with E-state index in [1.54, 1.807) is 0 Å². The second kappa shape index (κ2) is 6.37. The van der Waals surface area contributed by atoms with Crippen LogP contribution in [0, 0.1) is 18.3 Å². The lowest BCUT2D eigenvalue weighted by Crippen LogP contribution is -2.06. The third-order valence-corrected chi connectivity index (χ3v) is 3.47. The van der Waals surface area contributed by atoms with Crippen LogP contribution in [0.2, 0.25) is 5.15 Å². The van der Waals surface area contributed by atoms with Gasteiger partial charge in [-0.1, -0.05) is 17.7 Å². The molecule has 0 radical (unpaired) electrons. The average molecular weight is 356 g/mol. The number of aryl methyl sites for hydroxylation is 1. The maximum Gasteiger partial charge on any atom is 0.416 e. The number of benzene rings is 1. The number of aliphatic carboxylic acids is 1. The molecule has 2 aromatic rings. The molecule has 1 aromatic carbocycles. The van der Waals surface area contributed by atoms with Gasteiger partial charge in [-0.3, -0.25) is 0 Å². The Morgan fingerprint density at radius 3 is 2.67 bits per heavy atom. The van der Waals surface area contributed by atoms with E-state index in [0.717, 1.165) is 22.9 Å². The molecule has 0 atom stereocenters. The Morgan fingerprint density at radius 2 is 2.12 bits per heavy atom. The van der Waals surface area contributed by atoms with Crippen molar-refractivity contribution in [3.05, 3.63) is 51.8 Å². The van der Waals surface area contributed by atoms with E-state index in [1.807, 2.05) is 0 Å². The molecule has 0 fully saturated rings. The van der Waals surface area contributed by atoms with Gasteiger partial charge >= 0.3 is 12.1 Å². The molecule has 0 bridgehead atoms. The van der Waals surface area contributed by atoms with Crippen molar-refractivity contribution in [2.45, 2.75) is 13.1 Å². The zero-order chi connectivity index (χ0) is 18.1. The zero-order valence-corrected chi connectivity index (χ0v) is 12.9. The molecule has 0 aliphatic carbocycles. The van der Waals surface area contributed by atoms with Crippen molar-refractivity contribution in [1.29, 1.82) is 5.26 Å². The van der Waals surface area contributed by atoms with Gasteiger partial charge in [0.15, 0.2) is 0 Å². The van der Waals surface area contributed by atoms with Crippen LogP contribution in [0.15, 0.2) is 29.8 Å². The predicted molar refractivity (Wildman–Crippen MR) is 79.5 cm³/mol. The molecule has 0 spiro atoms. The monoisotopic (exact) mass is 355 g/mol. The first-order valence-corrected chi connectivity index (χ1v) is 6.80. The van der Waals surface area contributed by atoms with Gasteiger partial charge in [0, 0.05) is 5.56 Å². The largest absolute Gasteiger partial charge is 0.477 e. The van der Waals surface area contributed by atoms with Gasteiger partial charge in [-0.2, -0.15) is 23.5 Å². The van der Waals surface area contributed by atoms with E-state index >= 15 is 0 Å². The first-order chi connectivity index (χ1) is 11.1. The van der Waals surface area contributed by atoms with Gasteiger partial charge in [0.2, 0.25) is 0 Å². The predicted octanol–water partition coefficient (Wildman–Crippen LogP) is 3.84. The Balaban J connectivity index is 2.58. The summed E-state index contributed by atoms with van der Waals surface area (Å²) in [4.78, 5) is 10.9. The number of hydrogen-bond donors (Lipinski definition) is 1. The minimum Gasteiger partial charge on any atom is -0.477 e. The Hall–Kier alpha value is -2.79. The van der Waals surface area contributed by atoms with Crippen molar-refractivity contribution in [2.24, 2.45) is 0 Å². The molecule has 0 saturated heterocycles. The lowest BCUT2D eigenvalue weighted by molar-refractivity contribution is -0.137. The second-order valence-corrected chi connectivity index (χ2v) is 5.08. The first-order valence-electron chi connectivity index (χ1n) is 6.43. The number of nitrogens with zero attached hydrogens (tertiary/aromatic N) is 3. The molecule has 2 rings (SSSR count). The summed E-state index contributed by atoms with van der Waals surface area (Å²) in [7, 11) is 0. The SMILES string of the molecule is Cc1nn(-c2cccc(C(F)(F)F)c2)c(Cl)c1/C=C(\C#N)C(=O)O. The standard InChI is InChI=1S/C15H9ClF3N3O2/c1-8-12(5-9(7-20)14(23)24)13(16)22(21-8)11-4-2-3-10(6-11)15(17,18)19/h2-6H,1H3,(H,23,24)/b9-5+. The third-order valence-electron chi connectivity index (χ3n) is 3.11. The van der Waals surface area contributed by atoms with Crippen molar-refractivity contribution >= 4 is 23.6 Å². The summed E-state index contributed by atoms with van der Waals surface area (Å²) in [5.74, 6) is -1.44. The van der Waals surface area contributed by atoms with E-state index in [1.165, 1.54) is 25.1 Å². The molecule has 1 N–H and O–H groups in total. The van der Waals surface area contributed by atoms with E-state index in [-0.39, 0.29) is 22.1 Å². The van der Waals surface area contributed by atoms with Crippen LogP contribution in [-0.2, 0) is 11.0 Å². The van der Waals surface area contributed by atoms with Crippen LogP contribution in [0.25, 0.3) is 11.8 Å². The topological polar surface area (TPSA) is 78.9 Å². The number of alkyl halides is 3. The highest BCUT2D eigenvalue weighted by atomic mass is 35.5. The van der Waals surface area contributed by atoms with E-state index in [9.17, 15) is 18.0 Å². The number of aromatic nitrogens is 2. The smallest absolute Gasteiger partial charge is 0.416 e. The van der Waals surface area contributed by atoms with Crippen molar-refractivity contribution < 1.29 is 23.1 Å². The lowest BCUT2D eigenvalue weighted by atomic mass is 10.1. The van der Waals surface area contributed by atoms with Crippen molar-refractivity contribution in [3.8, 4) is 11.8 Å². The molecule has 0 saturated carbocycles. The normalized spacial score (nSPS) is 12.1. The van der Waals surface area contributed by atoms with Gasteiger partial charge < -0.3 is 5.11 Å². The number of nitriles is 1. The number of carboxylic acid groups (broad SMARTS) is 1. The third kappa shape index (κ3) is 3.41. The Bertz CT molecular complexity index is 879. The second-order valence-electron chi connectivity index (χ2n) is 4.72. The molecule has 1 aromatic heterocycles. The summed E-state index contributed by atoms with van der Waals surface area (Å²) in [5, 5.41) is 21.6. The molecule has 124 valence electrons. The highest BCUT2D eigenvalue weighted by Crippen LogP contribution is 2.32. The van der Waals surface area contributed by atoms with Crippen LogP contribution in [0.4, 0.5) is 13.2 Å². The summed E-state index contributed by atoms with van der Waals surface area (Å²) in [6, 6.07) is 5.86. The Labute approximate surface area is 139 Å². The van der Waals surface area contributed by atoms with E-state index in [0.29, 0.717) is 0 Å². The van der Waals surface area contributed by atoms with Crippen molar-refractivity contribution in [1.82, 2.24) is 9.78 Å². The molecule has 5 nitrogen and oxygen atoms in total. The highest BCUT2D eigenvalue weighted by molar-refractivity contribution is 6.31. The number of hydrogen-bond acceptors (Lipinski definition) is 3. The van der Waals surface area contributed by atoms with Crippen molar-refractivity contribution in [2.75, 3.05) is 0 Å². The summed E-state index contributed by atoms with van der Waals surface area (Å²) >= 11 is 6.11. The molecule has 0 aliphatic rings. The molecule has 0 aliphatic heterocycles. The van der Waals surface area contributed by atoms with Crippen LogP contribution in [-0.4, -0.2) is 20.9 Å². The van der Waals surface area contributed by atoms with Gasteiger partial charge in [0.05, 0.1) is 16.9 Å². The maximum atomic E-state index is 12.8. The van der Waals surface area contributed by atoms with Crippen molar-refractivity contribution in [3.63, 3.8) is 0 Å². The maximum absolute atomic E-state index is 12.8. The lowest BCUT2D eigenvalue weighted by Gasteiger charge is -2.09. The fourth-order valence-corrected chi connectivity index (χ4v) is 2.27. The summed E-state index contributed by atoms with van der Waals surface area (Å²) < 4.78 is 39.5. The number of halogens is 4. The molecular formula is C15H9ClF3N3O2. The van der Waals surface area contributed by atoms with Crippen LogP contribution in [0.5, 0.6) is 0 Å². The van der Waals surface area contributed by atoms with E-state index in [4.69, 9.17) is 22.0 Å².